The highest BCUT2D eigenvalue weighted by Crippen LogP contribution is 2.26. The Kier molecular flexibility index (Phi) is 6.56. The molecule has 9 nitrogen and oxygen atoms in total. The monoisotopic (exact) mass is 393 g/mol. The summed E-state index contributed by atoms with van der Waals surface area (Å²) < 4.78 is 6.05. The van der Waals surface area contributed by atoms with Crippen LogP contribution in [0.2, 0.25) is 0 Å². The van der Waals surface area contributed by atoms with Gasteiger partial charge in [-0.1, -0.05) is 19.3 Å². The molecular weight excluding hydrogens is 366 g/mol. The predicted octanol–water partition coefficient (Wildman–Crippen LogP) is 1.03. The Hall–Kier alpha value is -2.55. The van der Waals surface area contributed by atoms with Gasteiger partial charge in [-0.3, -0.25) is 19.8 Å². The van der Waals surface area contributed by atoms with E-state index in [1.54, 1.807) is 0 Å². The Bertz CT molecular complexity index is 700. The summed E-state index contributed by atoms with van der Waals surface area (Å²) in [6.45, 7) is 0.934. The average molecular weight is 393 g/mol. The Morgan fingerprint density at radius 3 is 2.21 bits per heavy atom. The van der Waals surface area contributed by atoms with Gasteiger partial charge in [-0.05, 0) is 31.6 Å². The summed E-state index contributed by atoms with van der Waals surface area (Å²) in [4.78, 5) is 38.0. The summed E-state index contributed by atoms with van der Waals surface area (Å²) >= 11 is 0. The number of Topliss-reactive ketones (excluding diaryl/α,β-unsaturated/α-hetero) is 1. The lowest BCUT2D eigenvalue weighted by Gasteiger charge is -2.31. The number of rotatable bonds is 6. The van der Waals surface area contributed by atoms with Crippen LogP contribution < -0.4 is 10.7 Å². The summed E-state index contributed by atoms with van der Waals surface area (Å²) in [6.07, 6.45) is 5.79. The number of nitrogens with zero attached hydrogens (tertiary/aromatic N) is 1. The number of ketones is 1. The fourth-order valence-electron chi connectivity index (χ4n) is 3.91. The molecule has 28 heavy (non-hydrogen) atoms. The van der Waals surface area contributed by atoms with Gasteiger partial charge in [0.05, 0.1) is 0 Å². The molecule has 1 aromatic heterocycles. The lowest BCUT2D eigenvalue weighted by atomic mass is 9.85. The zero-order chi connectivity index (χ0) is 20.1. The molecule has 3 rings (SSSR count). The van der Waals surface area contributed by atoms with Crippen LogP contribution in [-0.2, 0) is 19.1 Å². The van der Waals surface area contributed by atoms with Crippen LogP contribution >= 0.6 is 0 Å². The molecule has 1 atom stereocenters. The van der Waals surface area contributed by atoms with Crippen molar-refractivity contribution in [2.24, 2.45) is 11.8 Å². The lowest BCUT2D eigenvalue weighted by Crippen LogP contribution is -2.53. The number of ether oxygens (including phenoxy) is 1. The third-order valence-corrected chi connectivity index (χ3v) is 5.57. The van der Waals surface area contributed by atoms with E-state index in [1.165, 1.54) is 12.1 Å². The predicted molar refractivity (Wildman–Crippen MR) is 99.2 cm³/mol. The number of carbonyl (C=O) groups excluding carboxylic acids is 3. The fraction of sp³-hybridized carbons (Fsp3) is 0.632. The maximum absolute atomic E-state index is 12.9. The van der Waals surface area contributed by atoms with E-state index in [0.717, 1.165) is 32.1 Å². The second kappa shape index (κ2) is 9.09. The minimum absolute atomic E-state index is 0.135. The van der Waals surface area contributed by atoms with Crippen molar-refractivity contribution in [3.63, 3.8) is 0 Å². The van der Waals surface area contributed by atoms with E-state index < -0.39 is 29.5 Å². The Morgan fingerprint density at radius 1 is 1.00 bits per heavy atom. The van der Waals surface area contributed by atoms with Crippen molar-refractivity contribution < 1.29 is 29.3 Å². The molecule has 1 aliphatic heterocycles. The molecule has 0 spiro atoms. The first-order valence-corrected chi connectivity index (χ1v) is 9.80. The number of hydrogen-bond donors (Lipinski definition) is 4. The zero-order valence-corrected chi connectivity index (χ0v) is 15.7. The highest BCUT2D eigenvalue weighted by Gasteiger charge is 2.36. The number of hydrogen-bond acceptors (Lipinski definition) is 6. The molecule has 4 N–H and O–H groups in total. The lowest BCUT2D eigenvalue weighted by molar-refractivity contribution is -0.140. The smallest absolute Gasteiger partial charge is 0.308 e. The molecule has 154 valence electrons. The first kappa shape index (κ1) is 20.2. The number of carbonyl (C=O) groups is 3. The molecule has 1 saturated carbocycles. The first-order chi connectivity index (χ1) is 13.5. The second-order valence-corrected chi connectivity index (χ2v) is 7.46. The third kappa shape index (κ3) is 4.64. The van der Waals surface area contributed by atoms with Gasteiger partial charge in [-0.25, -0.2) is 0 Å². The van der Waals surface area contributed by atoms with Gasteiger partial charge in [-0.15, -0.1) is 0 Å². The standard InChI is InChI=1S/C19H27N3O6/c23-14-6-7-15(24)22(14)21-19(27)17(25)16(12-8-10-28-11-9-12)20-18(26)13-4-2-1-3-5-13/h6-7,12-13,16,23-24H,1-5,8-11H2,(H,20,26)(H,21,27). The fourth-order valence-corrected chi connectivity index (χ4v) is 3.91. The minimum atomic E-state index is -1.01. The van der Waals surface area contributed by atoms with E-state index in [9.17, 15) is 24.6 Å². The molecule has 0 bridgehead atoms. The van der Waals surface area contributed by atoms with E-state index in [4.69, 9.17) is 4.74 Å². The van der Waals surface area contributed by atoms with Crippen molar-refractivity contribution in [2.45, 2.75) is 51.0 Å². The van der Waals surface area contributed by atoms with E-state index in [1.807, 2.05) is 0 Å². The van der Waals surface area contributed by atoms with Gasteiger partial charge in [-0.2, -0.15) is 4.68 Å². The van der Waals surface area contributed by atoms with Gasteiger partial charge in [0.25, 0.3) is 0 Å². The summed E-state index contributed by atoms with van der Waals surface area (Å²) in [5.74, 6) is -3.16. The van der Waals surface area contributed by atoms with Crippen LogP contribution in [0, 0.1) is 11.8 Å². The average Bonchev–Trinajstić information content (AvgIpc) is 3.04. The quantitative estimate of drug-likeness (QED) is 0.534. The van der Waals surface area contributed by atoms with Crippen LogP contribution in [-0.4, -0.2) is 51.7 Å². The molecule has 9 heteroatoms. The van der Waals surface area contributed by atoms with Crippen LogP contribution in [0.4, 0.5) is 0 Å². The Morgan fingerprint density at radius 2 is 1.61 bits per heavy atom. The molecular formula is C19H27N3O6. The first-order valence-electron chi connectivity index (χ1n) is 9.80. The van der Waals surface area contributed by atoms with Crippen molar-refractivity contribution in [2.75, 3.05) is 18.6 Å². The van der Waals surface area contributed by atoms with Crippen LogP contribution in [0.15, 0.2) is 12.1 Å². The summed E-state index contributed by atoms with van der Waals surface area (Å²) in [7, 11) is 0. The maximum Gasteiger partial charge on any atom is 0.308 e. The van der Waals surface area contributed by atoms with Crippen molar-refractivity contribution in [3.05, 3.63) is 12.1 Å². The van der Waals surface area contributed by atoms with Crippen molar-refractivity contribution in [1.29, 1.82) is 0 Å². The normalized spacial score (nSPS) is 19.7. The van der Waals surface area contributed by atoms with Gasteiger partial charge < -0.3 is 20.3 Å². The number of amides is 2. The van der Waals surface area contributed by atoms with Crippen LogP contribution in [0.5, 0.6) is 11.8 Å². The molecule has 2 amide bonds. The molecule has 1 aromatic rings. The molecule has 2 fully saturated rings. The number of nitrogens with one attached hydrogen (secondary N) is 2. The Balaban J connectivity index is 1.72. The van der Waals surface area contributed by atoms with Gasteiger partial charge >= 0.3 is 5.91 Å². The Labute approximate surface area is 163 Å². The zero-order valence-electron chi connectivity index (χ0n) is 15.7. The minimum Gasteiger partial charge on any atom is -0.493 e. The van der Waals surface area contributed by atoms with Crippen molar-refractivity contribution in [1.82, 2.24) is 9.99 Å². The van der Waals surface area contributed by atoms with Crippen LogP contribution in [0.1, 0.15) is 44.9 Å². The summed E-state index contributed by atoms with van der Waals surface area (Å²) in [6, 6.07) is 1.40. The van der Waals surface area contributed by atoms with Crippen molar-refractivity contribution in [3.8, 4) is 11.8 Å². The largest absolute Gasteiger partial charge is 0.493 e. The van der Waals surface area contributed by atoms with Gasteiger partial charge in [0.1, 0.15) is 6.04 Å². The van der Waals surface area contributed by atoms with E-state index >= 15 is 0 Å². The van der Waals surface area contributed by atoms with Gasteiger partial charge in [0.2, 0.25) is 23.5 Å². The molecule has 1 aliphatic carbocycles. The SMILES string of the molecule is O=C(Nn1c(O)ccc1O)C(=O)C(NC(=O)C1CCCCC1)C1CCOCC1. The van der Waals surface area contributed by atoms with Crippen LogP contribution in [0.25, 0.3) is 0 Å². The van der Waals surface area contributed by atoms with Gasteiger partial charge in [0.15, 0.2) is 0 Å². The highest BCUT2D eigenvalue weighted by molar-refractivity contribution is 6.41. The topological polar surface area (TPSA) is 130 Å². The van der Waals surface area contributed by atoms with Crippen LogP contribution in [0.3, 0.4) is 0 Å². The molecule has 1 saturated heterocycles. The van der Waals surface area contributed by atoms with E-state index in [-0.39, 0.29) is 17.7 Å². The molecule has 2 heterocycles. The van der Waals surface area contributed by atoms with Crippen molar-refractivity contribution >= 4 is 17.6 Å². The maximum atomic E-state index is 12.9. The van der Waals surface area contributed by atoms with E-state index in [2.05, 4.69) is 10.7 Å². The molecule has 0 aromatic carbocycles. The molecule has 0 radical (unpaired) electrons. The summed E-state index contributed by atoms with van der Waals surface area (Å²) in [5.41, 5.74) is 2.18. The molecule has 1 unspecified atom stereocenters. The third-order valence-electron chi connectivity index (χ3n) is 5.57. The highest BCUT2D eigenvalue weighted by atomic mass is 16.5. The second-order valence-electron chi connectivity index (χ2n) is 7.46. The van der Waals surface area contributed by atoms with E-state index in [0.29, 0.717) is 30.7 Å². The number of aromatic hydroxyl groups is 2. The summed E-state index contributed by atoms with van der Waals surface area (Å²) in [5, 5.41) is 22.1. The number of aromatic nitrogens is 1. The van der Waals surface area contributed by atoms with Gasteiger partial charge in [0, 0.05) is 31.3 Å². The molecule has 2 aliphatic rings.